The van der Waals surface area contributed by atoms with Crippen LogP contribution in [-0.2, 0) is 4.74 Å². The Balaban J connectivity index is 2.85. The van der Waals surface area contributed by atoms with Crippen molar-refractivity contribution >= 4 is 0 Å². The zero-order valence-electron chi connectivity index (χ0n) is 13.3. The first-order valence-electron chi connectivity index (χ1n) is 7.60. The summed E-state index contributed by atoms with van der Waals surface area (Å²) in [6, 6.07) is 8.38. The van der Waals surface area contributed by atoms with Crippen molar-refractivity contribution in [2.24, 2.45) is 5.92 Å². The summed E-state index contributed by atoms with van der Waals surface area (Å²) >= 11 is 0. The van der Waals surface area contributed by atoms with Gasteiger partial charge in [-0.15, -0.1) is 0 Å². The molecule has 1 N–H and O–H groups in total. The summed E-state index contributed by atoms with van der Waals surface area (Å²) in [4.78, 5) is 0. The summed E-state index contributed by atoms with van der Waals surface area (Å²) in [6.07, 6.45) is 2.37. The van der Waals surface area contributed by atoms with Crippen molar-refractivity contribution in [3.05, 3.63) is 29.8 Å². The maximum Gasteiger partial charge on any atom is 0.122 e. The van der Waals surface area contributed by atoms with E-state index in [2.05, 4.69) is 37.4 Å². The van der Waals surface area contributed by atoms with Gasteiger partial charge >= 0.3 is 0 Å². The summed E-state index contributed by atoms with van der Waals surface area (Å²) in [5, 5.41) is 3.50. The average molecular weight is 279 g/mol. The van der Waals surface area contributed by atoms with E-state index in [9.17, 15) is 0 Å². The van der Waals surface area contributed by atoms with Crippen LogP contribution in [0.15, 0.2) is 24.3 Å². The van der Waals surface area contributed by atoms with Gasteiger partial charge in [0.1, 0.15) is 5.75 Å². The summed E-state index contributed by atoms with van der Waals surface area (Å²) in [5.74, 6) is 2.15. The second-order valence-electron chi connectivity index (χ2n) is 5.12. The first-order valence-corrected chi connectivity index (χ1v) is 7.60. The van der Waals surface area contributed by atoms with Gasteiger partial charge in [-0.1, -0.05) is 44.9 Å². The van der Waals surface area contributed by atoms with Gasteiger partial charge in [0.15, 0.2) is 0 Å². The quantitative estimate of drug-likeness (QED) is 0.665. The summed E-state index contributed by atoms with van der Waals surface area (Å²) < 4.78 is 10.6. The van der Waals surface area contributed by atoms with Crippen LogP contribution in [0.1, 0.15) is 38.2 Å². The molecule has 0 heterocycles. The Morgan fingerprint density at radius 3 is 2.40 bits per heavy atom. The molecule has 0 aliphatic heterocycles. The van der Waals surface area contributed by atoms with Gasteiger partial charge in [-0.3, -0.25) is 0 Å². The molecule has 1 aromatic carbocycles. The molecule has 0 fully saturated rings. The Hall–Kier alpha value is -1.06. The molecule has 0 saturated carbocycles. The van der Waals surface area contributed by atoms with Crippen LogP contribution in [0.25, 0.3) is 0 Å². The maximum atomic E-state index is 5.54. The molecule has 20 heavy (non-hydrogen) atoms. The van der Waals surface area contributed by atoms with Crippen LogP contribution in [0.2, 0.25) is 0 Å². The molecule has 1 atom stereocenters. The van der Waals surface area contributed by atoms with Crippen molar-refractivity contribution in [3.8, 4) is 5.75 Å². The lowest BCUT2D eigenvalue weighted by molar-refractivity contribution is 0.197. The summed E-state index contributed by atoms with van der Waals surface area (Å²) in [7, 11) is 3.49. The van der Waals surface area contributed by atoms with Crippen molar-refractivity contribution in [1.29, 1.82) is 0 Å². The molecule has 1 aromatic rings. The minimum absolute atomic E-state index is 0.484. The zero-order chi connectivity index (χ0) is 14.8. The monoisotopic (exact) mass is 279 g/mol. The SMILES string of the molecule is CCC(CC)C(CNCCOC)c1ccccc1OC. The third-order valence-electron chi connectivity index (χ3n) is 4.00. The Kier molecular flexibility index (Phi) is 8.31. The molecular formula is C17H29NO2. The number of hydrogen-bond donors (Lipinski definition) is 1. The molecule has 3 nitrogen and oxygen atoms in total. The Bertz CT molecular complexity index is 364. The molecule has 1 rings (SSSR count). The van der Waals surface area contributed by atoms with Gasteiger partial charge < -0.3 is 14.8 Å². The second kappa shape index (κ2) is 9.78. The second-order valence-corrected chi connectivity index (χ2v) is 5.12. The van der Waals surface area contributed by atoms with Crippen molar-refractivity contribution < 1.29 is 9.47 Å². The van der Waals surface area contributed by atoms with E-state index in [4.69, 9.17) is 9.47 Å². The van der Waals surface area contributed by atoms with Gasteiger partial charge in [0.25, 0.3) is 0 Å². The van der Waals surface area contributed by atoms with Gasteiger partial charge in [-0.25, -0.2) is 0 Å². The molecule has 1 unspecified atom stereocenters. The van der Waals surface area contributed by atoms with Crippen LogP contribution >= 0.6 is 0 Å². The van der Waals surface area contributed by atoms with Gasteiger partial charge in [-0.05, 0) is 17.5 Å². The molecule has 0 aromatic heterocycles. The predicted octanol–water partition coefficient (Wildman–Crippen LogP) is 3.45. The van der Waals surface area contributed by atoms with Crippen molar-refractivity contribution in [3.63, 3.8) is 0 Å². The smallest absolute Gasteiger partial charge is 0.122 e. The molecule has 0 amide bonds. The lowest BCUT2D eigenvalue weighted by Crippen LogP contribution is -2.29. The number of ether oxygens (including phenoxy) is 2. The highest BCUT2D eigenvalue weighted by atomic mass is 16.5. The van der Waals surface area contributed by atoms with E-state index in [0.29, 0.717) is 11.8 Å². The Morgan fingerprint density at radius 1 is 1.10 bits per heavy atom. The molecule has 0 bridgehead atoms. The van der Waals surface area contributed by atoms with E-state index in [0.717, 1.165) is 25.4 Å². The standard InChI is InChI=1S/C17H29NO2/c1-5-14(6-2)16(13-18-11-12-19-3)15-9-7-8-10-17(15)20-4/h7-10,14,16,18H,5-6,11-13H2,1-4H3. The maximum absolute atomic E-state index is 5.54. The highest BCUT2D eigenvalue weighted by molar-refractivity contribution is 5.37. The lowest BCUT2D eigenvalue weighted by atomic mass is 9.82. The van der Waals surface area contributed by atoms with Gasteiger partial charge in [0.2, 0.25) is 0 Å². The van der Waals surface area contributed by atoms with E-state index >= 15 is 0 Å². The molecule has 0 aliphatic rings. The van der Waals surface area contributed by atoms with Gasteiger partial charge in [0.05, 0.1) is 13.7 Å². The first kappa shape index (κ1) is 17.0. The fraction of sp³-hybridized carbons (Fsp3) is 0.647. The largest absolute Gasteiger partial charge is 0.496 e. The van der Waals surface area contributed by atoms with E-state index in [-0.39, 0.29) is 0 Å². The van der Waals surface area contributed by atoms with Crippen LogP contribution < -0.4 is 10.1 Å². The molecule has 0 aliphatic carbocycles. The van der Waals surface area contributed by atoms with E-state index < -0.39 is 0 Å². The van der Waals surface area contributed by atoms with Crippen LogP contribution in [0.5, 0.6) is 5.75 Å². The fourth-order valence-corrected chi connectivity index (χ4v) is 2.79. The zero-order valence-corrected chi connectivity index (χ0v) is 13.3. The number of para-hydroxylation sites is 1. The highest BCUT2D eigenvalue weighted by Crippen LogP contribution is 2.34. The van der Waals surface area contributed by atoms with Crippen LogP contribution in [-0.4, -0.2) is 33.9 Å². The van der Waals surface area contributed by atoms with Crippen LogP contribution in [0.3, 0.4) is 0 Å². The van der Waals surface area contributed by atoms with Crippen LogP contribution in [0, 0.1) is 5.92 Å². The van der Waals surface area contributed by atoms with Gasteiger partial charge in [-0.2, -0.15) is 0 Å². The van der Waals surface area contributed by atoms with Gasteiger partial charge in [0, 0.05) is 26.1 Å². The topological polar surface area (TPSA) is 30.5 Å². The Morgan fingerprint density at radius 2 is 1.80 bits per heavy atom. The third-order valence-corrected chi connectivity index (χ3v) is 4.00. The fourth-order valence-electron chi connectivity index (χ4n) is 2.79. The minimum atomic E-state index is 0.484. The normalized spacial score (nSPS) is 12.7. The van der Waals surface area contributed by atoms with E-state index in [1.54, 1.807) is 14.2 Å². The summed E-state index contributed by atoms with van der Waals surface area (Å²) in [6.45, 7) is 7.15. The minimum Gasteiger partial charge on any atom is -0.496 e. The Labute approximate surface area is 123 Å². The number of methoxy groups -OCH3 is 2. The third kappa shape index (κ3) is 4.80. The lowest BCUT2D eigenvalue weighted by Gasteiger charge is -2.27. The van der Waals surface area contributed by atoms with Crippen molar-refractivity contribution in [2.75, 3.05) is 33.9 Å². The number of rotatable bonds is 10. The predicted molar refractivity (Wildman–Crippen MR) is 84.6 cm³/mol. The summed E-state index contributed by atoms with van der Waals surface area (Å²) in [5.41, 5.74) is 1.31. The van der Waals surface area contributed by atoms with Crippen molar-refractivity contribution in [1.82, 2.24) is 5.32 Å². The molecule has 0 spiro atoms. The molecule has 0 saturated heterocycles. The molecule has 114 valence electrons. The average Bonchev–Trinajstić information content (AvgIpc) is 2.50. The molecular weight excluding hydrogens is 250 g/mol. The van der Waals surface area contributed by atoms with Crippen LogP contribution in [0.4, 0.5) is 0 Å². The van der Waals surface area contributed by atoms with E-state index in [1.165, 1.54) is 18.4 Å². The van der Waals surface area contributed by atoms with E-state index in [1.807, 2.05) is 6.07 Å². The number of nitrogens with one attached hydrogen (secondary N) is 1. The first-order chi connectivity index (χ1) is 9.78. The number of benzene rings is 1. The molecule has 3 heteroatoms. The van der Waals surface area contributed by atoms with Crippen molar-refractivity contribution in [2.45, 2.75) is 32.6 Å². The number of hydrogen-bond acceptors (Lipinski definition) is 3. The molecule has 0 radical (unpaired) electrons. The highest BCUT2D eigenvalue weighted by Gasteiger charge is 2.22.